The van der Waals surface area contributed by atoms with Crippen molar-refractivity contribution >= 4 is 23.5 Å². The molecule has 1 aromatic carbocycles. The molecule has 0 bridgehead atoms. The summed E-state index contributed by atoms with van der Waals surface area (Å²) in [5.41, 5.74) is 2.24. The molecule has 0 spiro atoms. The van der Waals surface area contributed by atoms with Crippen LogP contribution in [0.15, 0.2) is 29.4 Å². The number of halogens is 1. The Balaban J connectivity index is 1.87. The molecule has 30 heavy (non-hydrogen) atoms. The predicted octanol–water partition coefficient (Wildman–Crippen LogP) is 3.58. The number of aromatic nitrogens is 5. The van der Waals surface area contributed by atoms with Gasteiger partial charge in [0.25, 0.3) is 0 Å². The van der Waals surface area contributed by atoms with Crippen molar-refractivity contribution in [3.8, 4) is 11.8 Å². The highest BCUT2D eigenvalue weighted by Gasteiger charge is 2.23. The first-order valence-electron chi connectivity index (χ1n) is 9.23. The van der Waals surface area contributed by atoms with Gasteiger partial charge in [-0.3, -0.25) is 9.36 Å². The Morgan fingerprint density at radius 1 is 1.27 bits per heavy atom. The molecule has 0 saturated heterocycles. The zero-order valence-corrected chi connectivity index (χ0v) is 18.2. The van der Waals surface area contributed by atoms with Gasteiger partial charge in [0.1, 0.15) is 17.7 Å². The van der Waals surface area contributed by atoms with Gasteiger partial charge in [0.15, 0.2) is 0 Å². The first kappa shape index (κ1) is 21.5. The summed E-state index contributed by atoms with van der Waals surface area (Å²) in [5, 5.41) is 24.6. The monoisotopic (exact) mass is 427 g/mol. The van der Waals surface area contributed by atoms with Gasteiger partial charge in [0.05, 0.1) is 16.9 Å². The van der Waals surface area contributed by atoms with E-state index in [1.54, 1.807) is 21.4 Å². The molecule has 0 aliphatic rings. The lowest BCUT2D eigenvalue weighted by Gasteiger charge is -2.19. The van der Waals surface area contributed by atoms with Crippen LogP contribution in [0.4, 0.5) is 10.2 Å². The smallest absolute Gasteiger partial charge is 0.236 e. The van der Waals surface area contributed by atoms with Crippen LogP contribution in [-0.4, -0.2) is 36.4 Å². The van der Waals surface area contributed by atoms with Crippen LogP contribution in [0.25, 0.3) is 5.69 Å². The van der Waals surface area contributed by atoms with Crippen molar-refractivity contribution in [3.05, 3.63) is 46.9 Å². The zero-order chi connectivity index (χ0) is 22.1. The Labute approximate surface area is 178 Å². The molecule has 0 atom stereocenters. The molecule has 0 saturated carbocycles. The fourth-order valence-corrected chi connectivity index (χ4v) is 3.82. The minimum Gasteiger partial charge on any atom is -0.310 e. The fraction of sp³-hybridized carbons (Fsp3) is 0.350. The van der Waals surface area contributed by atoms with E-state index in [-0.39, 0.29) is 23.0 Å². The van der Waals surface area contributed by atoms with E-state index >= 15 is 0 Å². The number of thioether (sulfide) groups is 1. The number of tetrazole rings is 1. The Bertz CT molecular complexity index is 1120. The van der Waals surface area contributed by atoms with Crippen LogP contribution in [-0.2, 0) is 10.3 Å². The lowest BCUT2D eigenvalue weighted by molar-refractivity contribution is -0.113. The Morgan fingerprint density at radius 3 is 2.53 bits per heavy atom. The molecule has 3 aromatic rings. The first-order chi connectivity index (χ1) is 14.1. The van der Waals surface area contributed by atoms with Crippen LogP contribution < -0.4 is 5.32 Å². The van der Waals surface area contributed by atoms with Gasteiger partial charge in [-0.2, -0.15) is 5.26 Å². The van der Waals surface area contributed by atoms with Crippen LogP contribution in [0.2, 0.25) is 0 Å². The van der Waals surface area contributed by atoms with Crippen molar-refractivity contribution in [2.24, 2.45) is 0 Å². The van der Waals surface area contributed by atoms with E-state index in [1.165, 1.54) is 23.9 Å². The molecule has 8 nitrogen and oxygen atoms in total. The van der Waals surface area contributed by atoms with Gasteiger partial charge in [0.2, 0.25) is 11.1 Å². The summed E-state index contributed by atoms with van der Waals surface area (Å²) in [4.78, 5) is 12.7. The van der Waals surface area contributed by atoms with Gasteiger partial charge in [-0.25, -0.2) is 9.07 Å². The number of carbonyl (C=O) groups is 1. The molecule has 0 aliphatic heterocycles. The highest BCUT2D eigenvalue weighted by molar-refractivity contribution is 7.99. The average Bonchev–Trinajstić information content (AvgIpc) is 3.25. The number of hydrogen-bond donors (Lipinski definition) is 1. The van der Waals surface area contributed by atoms with E-state index < -0.39 is 0 Å². The summed E-state index contributed by atoms with van der Waals surface area (Å²) in [7, 11) is 0. The average molecular weight is 428 g/mol. The molecule has 2 aromatic heterocycles. The fourth-order valence-electron chi connectivity index (χ4n) is 2.96. The summed E-state index contributed by atoms with van der Waals surface area (Å²) in [6.45, 7) is 9.56. The van der Waals surface area contributed by atoms with Gasteiger partial charge in [0, 0.05) is 11.4 Å². The first-order valence-corrected chi connectivity index (χ1v) is 10.2. The molecule has 2 heterocycles. The van der Waals surface area contributed by atoms with E-state index in [1.807, 2.05) is 34.6 Å². The molecule has 0 fully saturated rings. The lowest BCUT2D eigenvalue weighted by atomic mass is 10.1. The molecule has 10 heteroatoms. The second kappa shape index (κ2) is 8.28. The largest absolute Gasteiger partial charge is 0.310 e. The molecule has 0 aliphatic carbocycles. The minimum absolute atomic E-state index is 0.0635. The van der Waals surface area contributed by atoms with Crippen molar-refractivity contribution in [3.63, 3.8) is 0 Å². The van der Waals surface area contributed by atoms with Crippen LogP contribution in [0.5, 0.6) is 0 Å². The summed E-state index contributed by atoms with van der Waals surface area (Å²) in [6.07, 6.45) is 0. The highest BCUT2D eigenvalue weighted by Crippen LogP contribution is 2.30. The Hall–Kier alpha value is -3.19. The summed E-state index contributed by atoms with van der Waals surface area (Å²) in [5.74, 6) is -0.242. The number of hydrogen-bond acceptors (Lipinski definition) is 6. The van der Waals surface area contributed by atoms with Crippen molar-refractivity contribution in [2.45, 2.75) is 45.3 Å². The van der Waals surface area contributed by atoms with Crippen LogP contribution in [0, 0.1) is 31.0 Å². The lowest BCUT2D eigenvalue weighted by Crippen LogP contribution is -2.25. The van der Waals surface area contributed by atoms with E-state index in [0.29, 0.717) is 22.2 Å². The van der Waals surface area contributed by atoms with E-state index in [0.717, 1.165) is 11.3 Å². The number of nitrogens with one attached hydrogen (secondary N) is 1. The van der Waals surface area contributed by atoms with E-state index in [4.69, 9.17) is 0 Å². The summed E-state index contributed by atoms with van der Waals surface area (Å²) in [6, 6.07) is 8.04. The van der Waals surface area contributed by atoms with Crippen LogP contribution >= 0.6 is 11.8 Å². The van der Waals surface area contributed by atoms with Crippen molar-refractivity contribution < 1.29 is 9.18 Å². The number of nitrogens with zero attached hydrogens (tertiary/aromatic N) is 6. The van der Waals surface area contributed by atoms with Crippen molar-refractivity contribution in [1.82, 2.24) is 24.8 Å². The van der Waals surface area contributed by atoms with Crippen molar-refractivity contribution in [2.75, 3.05) is 11.1 Å². The van der Waals surface area contributed by atoms with Gasteiger partial charge in [-0.15, -0.1) is 5.10 Å². The Kier molecular flexibility index (Phi) is 5.94. The quantitative estimate of drug-likeness (QED) is 0.625. The molecular weight excluding hydrogens is 405 g/mol. The van der Waals surface area contributed by atoms with E-state index in [2.05, 4.69) is 26.9 Å². The van der Waals surface area contributed by atoms with Gasteiger partial charge in [-0.1, -0.05) is 11.8 Å². The number of carbonyl (C=O) groups excluding carboxylic acids is 1. The molecule has 3 rings (SSSR count). The second-order valence-corrected chi connectivity index (χ2v) is 8.68. The Morgan fingerprint density at radius 2 is 1.93 bits per heavy atom. The number of rotatable bonds is 5. The maximum atomic E-state index is 13.4. The van der Waals surface area contributed by atoms with Gasteiger partial charge in [-0.05, 0) is 74.9 Å². The summed E-state index contributed by atoms with van der Waals surface area (Å²) < 4.78 is 16.8. The predicted molar refractivity (Wildman–Crippen MR) is 112 cm³/mol. The maximum absolute atomic E-state index is 13.4. The minimum atomic E-state index is -0.362. The number of nitriles is 1. The third-order valence-corrected chi connectivity index (χ3v) is 5.50. The number of amides is 1. The van der Waals surface area contributed by atoms with Crippen molar-refractivity contribution in [1.29, 1.82) is 5.26 Å². The third-order valence-electron chi connectivity index (χ3n) is 4.58. The second-order valence-electron chi connectivity index (χ2n) is 7.74. The van der Waals surface area contributed by atoms with Crippen LogP contribution in [0.1, 0.15) is 37.6 Å². The third kappa shape index (κ3) is 4.21. The topological polar surface area (TPSA) is 101 Å². The number of anilines is 1. The number of benzene rings is 1. The maximum Gasteiger partial charge on any atom is 0.236 e. The molecule has 1 amide bonds. The van der Waals surface area contributed by atoms with Gasteiger partial charge >= 0.3 is 0 Å². The molecule has 0 unspecified atom stereocenters. The van der Waals surface area contributed by atoms with Crippen LogP contribution in [0.3, 0.4) is 0 Å². The normalized spacial score (nSPS) is 11.4. The highest BCUT2D eigenvalue weighted by atomic mass is 32.2. The summed E-state index contributed by atoms with van der Waals surface area (Å²) >= 11 is 1.21. The molecular formula is C20H22FN7OS. The molecule has 1 N–H and O–H groups in total. The standard InChI is InChI=1S/C20H22FN7OS/c1-12-13(2)27(15-8-6-14(21)7-9-15)18(16(12)10-22)23-17(29)11-30-19-24-25-26-28(19)20(3,4)5/h6-9H,11H2,1-5H3,(H,23,29). The van der Waals surface area contributed by atoms with E-state index in [9.17, 15) is 14.4 Å². The molecule has 0 radical (unpaired) electrons. The molecule has 156 valence electrons. The zero-order valence-electron chi connectivity index (χ0n) is 17.4. The van der Waals surface area contributed by atoms with Gasteiger partial charge < -0.3 is 5.32 Å². The SMILES string of the molecule is Cc1c(C#N)c(NC(=O)CSc2nnnn2C(C)(C)C)n(-c2ccc(F)cc2)c1C.